The van der Waals surface area contributed by atoms with Crippen LogP contribution >= 0.6 is 11.6 Å². The highest BCUT2D eigenvalue weighted by molar-refractivity contribution is 6.31. The SMILES string of the molecule is CC(C)C1=CN(CCC(=O)O)C(=O)C[C@@]1(C)c1ccc(CCCC(F)(F)F)c(Cl)c1. The summed E-state index contributed by atoms with van der Waals surface area (Å²) in [4.78, 5) is 25.0. The number of carboxylic acid groups (broad SMARTS) is 1. The van der Waals surface area contributed by atoms with Gasteiger partial charge in [0.05, 0.1) is 6.42 Å². The van der Waals surface area contributed by atoms with Crippen LogP contribution in [0.3, 0.4) is 0 Å². The number of alkyl halides is 3. The molecule has 1 aliphatic heterocycles. The molecule has 0 aliphatic carbocycles. The summed E-state index contributed by atoms with van der Waals surface area (Å²) in [5.41, 5.74) is 1.82. The largest absolute Gasteiger partial charge is 0.481 e. The van der Waals surface area contributed by atoms with E-state index in [1.54, 1.807) is 18.3 Å². The summed E-state index contributed by atoms with van der Waals surface area (Å²) in [6.07, 6.45) is -3.08. The summed E-state index contributed by atoms with van der Waals surface area (Å²) in [5.74, 6) is -1.04. The van der Waals surface area contributed by atoms with Crippen molar-refractivity contribution in [1.29, 1.82) is 0 Å². The molecule has 2 rings (SSSR count). The third-order valence-electron chi connectivity index (χ3n) is 5.54. The van der Waals surface area contributed by atoms with E-state index in [2.05, 4.69) is 0 Å². The second kappa shape index (κ2) is 9.41. The van der Waals surface area contributed by atoms with Crippen LogP contribution in [0.2, 0.25) is 5.02 Å². The van der Waals surface area contributed by atoms with Gasteiger partial charge in [0.15, 0.2) is 0 Å². The number of hydrogen-bond acceptors (Lipinski definition) is 2. The smallest absolute Gasteiger partial charge is 0.389 e. The van der Waals surface area contributed by atoms with Crippen LogP contribution in [0.25, 0.3) is 0 Å². The van der Waals surface area contributed by atoms with Gasteiger partial charge in [-0.05, 0) is 41.5 Å². The van der Waals surface area contributed by atoms with Crippen molar-refractivity contribution in [1.82, 2.24) is 4.90 Å². The monoisotopic (exact) mass is 445 g/mol. The number of nitrogens with zero attached hydrogens (tertiary/aromatic N) is 1. The summed E-state index contributed by atoms with van der Waals surface area (Å²) >= 11 is 6.38. The Balaban J connectivity index is 2.29. The molecule has 0 bridgehead atoms. The fraction of sp³-hybridized carbons (Fsp3) is 0.545. The van der Waals surface area contributed by atoms with Crippen LogP contribution in [0.1, 0.15) is 57.6 Å². The van der Waals surface area contributed by atoms with Gasteiger partial charge in [0.1, 0.15) is 0 Å². The Labute approximate surface area is 179 Å². The van der Waals surface area contributed by atoms with Crippen molar-refractivity contribution in [3.05, 3.63) is 46.1 Å². The fourth-order valence-electron chi connectivity index (χ4n) is 3.92. The summed E-state index contributed by atoms with van der Waals surface area (Å²) < 4.78 is 37.2. The number of halogens is 4. The number of carbonyl (C=O) groups excluding carboxylic acids is 1. The molecule has 0 spiro atoms. The Morgan fingerprint density at radius 2 is 2.00 bits per heavy atom. The van der Waals surface area contributed by atoms with Crippen molar-refractivity contribution in [2.75, 3.05) is 6.54 Å². The van der Waals surface area contributed by atoms with E-state index in [0.717, 1.165) is 11.1 Å². The van der Waals surface area contributed by atoms with E-state index in [1.807, 2.05) is 26.8 Å². The average Bonchev–Trinajstić information content (AvgIpc) is 2.60. The molecular weight excluding hydrogens is 419 g/mol. The summed E-state index contributed by atoms with van der Waals surface area (Å²) in [5, 5.41) is 9.30. The zero-order chi connectivity index (χ0) is 22.7. The molecule has 0 saturated carbocycles. The molecule has 1 aliphatic rings. The number of benzene rings is 1. The molecule has 166 valence electrons. The zero-order valence-electron chi connectivity index (χ0n) is 17.4. The van der Waals surface area contributed by atoms with E-state index < -0.39 is 24.0 Å². The summed E-state index contributed by atoms with van der Waals surface area (Å²) in [6, 6.07) is 5.30. The third kappa shape index (κ3) is 6.00. The topological polar surface area (TPSA) is 57.6 Å². The minimum absolute atomic E-state index is 0.0337. The minimum atomic E-state index is -4.19. The number of aryl methyl sites for hydroxylation is 1. The number of hydrogen-bond donors (Lipinski definition) is 1. The van der Waals surface area contributed by atoms with Gasteiger partial charge in [-0.3, -0.25) is 9.59 Å². The number of aliphatic carboxylic acids is 1. The lowest BCUT2D eigenvalue weighted by Gasteiger charge is -2.41. The fourth-order valence-corrected chi connectivity index (χ4v) is 4.20. The number of amides is 1. The van der Waals surface area contributed by atoms with Crippen LogP contribution in [-0.2, 0) is 21.4 Å². The van der Waals surface area contributed by atoms with E-state index in [-0.39, 0.29) is 44.1 Å². The summed E-state index contributed by atoms with van der Waals surface area (Å²) in [7, 11) is 0. The number of rotatable bonds is 8. The molecule has 0 unspecified atom stereocenters. The van der Waals surface area contributed by atoms with Crippen LogP contribution < -0.4 is 0 Å². The molecule has 4 nitrogen and oxygen atoms in total. The van der Waals surface area contributed by atoms with Crippen molar-refractivity contribution in [2.45, 2.75) is 64.5 Å². The first-order valence-electron chi connectivity index (χ1n) is 9.92. The Hall–Kier alpha value is -2.02. The van der Waals surface area contributed by atoms with Crippen LogP contribution in [0, 0.1) is 5.92 Å². The molecule has 1 N–H and O–H groups in total. The van der Waals surface area contributed by atoms with Gasteiger partial charge in [-0.25, -0.2) is 0 Å². The lowest BCUT2D eigenvalue weighted by Crippen LogP contribution is -2.42. The molecule has 1 heterocycles. The molecule has 0 fully saturated rings. The Morgan fingerprint density at radius 3 is 2.53 bits per heavy atom. The van der Waals surface area contributed by atoms with Crippen molar-refractivity contribution < 1.29 is 27.9 Å². The Morgan fingerprint density at radius 1 is 1.33 bits per heavy atom. The molecule has 1 aromatic carbocycles. The van der Waals surface area contributed by atoms with Gasteiger partial charge in [-0.2, -0.15) is 13.2 Å². The lowest BCUT2D eigenvalue weighted by molar-refractivity contribution is -0.138. The first kappa shape index (κ1) is 24.3. The minimum Gasteiger partial charge on any atom is -0.481 e. The van der Waals surface area contributed by atoms with E-state index in [9.17, 15) is 22.8 Å². The van der Waals surface area contributed by atoms with Crippen LogP contribution in [0.5, 0.6) is 0 Å². The van der Waals surface area contributed by atoms with E-state index in [1.165, 1.54) is 4.90 Å². The normalized spacial score (nSPS) is 19.9. The highest BCUT2D eigenvalue weighted by Crippen LogP contribution is 2.43. The molecule has 0 aromatic heterocycles. The third-order valence-corrected chi connectivity index (χ3v) is 5.89. The molecule has 0 radical (unpaired) electrons. The second-order valence-electron chi connectivity index (χ2n) is 8.25. The Bertz CT molecular complexity index is 835. The van der Waals surface area contributed by atoms with Crippen molar-refractivity contribution >= 4 is 23.5 Å². The van der Waals surface area contributed by atoms with Gasteiger partial charge in [0.2, 0.25) is 5.91 Å². The zero-order valence-corrected chi connectivity index (χ0v) is 18.1. The van der Waals surface area contributed by atoms with Crippen molar-refractivity contribution in [3.8, 4) is 0 Å². The van der Waals surface area contributed by atoms with Gasteiger partial charge in [0, 0.05) is 36.0 Å². The quantitative estimate of drug-likeness (QED) is 0.556. The van der Waals surface area contributed by atoms with E-state index in [4.69, 9.17) is 16.7 Å². The maximum absolute atomic E-state index is 12.7. The highest BCUT2D eigenvalue weighted by atomic mass is 35.5. The highest BCUT2D eigenvalue weighted by Gasteiger charge is 2.40. The second-order valence-corrected chi connectivity index (χ2v) is 8.66. The molecule has 1 aromatic rings. The lowest BCUT2D eigenvalue weighted by atomic mass is 9.68. The molecule has 1 amide bonds. The van der Waals surface area contributed by atoms with Gasteiger partial charge < -0.3 is 10.0 Å². The molecule has 30 heavy (non-hydrogen) atoms. The van der Waals surface area contributed by atoms with Crippen molar-refractivity contribution in [2.24, 2.45) is 5.92 Å². The average molecular weight is 446 g/mol. The number of carbonyl (C=O) groups is 2. The Kier molecular flexibility index (Phi) is 7.61. The van der Waals surface area contributed by atoms with Crippen LogP contribution in [0.4, 0.5) is 13.2 Å². The first-order valence-corrected chi connectivity index (χ1v) is 10.3. The number of carboxylic acids is 1. The molecule has 1 atom stereocenters. The summed E-state index contributed by atoms with van der Waals surface area (Å²) in [6.45, 7) is 6.06. The maximum Gasteiger partial charge on any atom is 0.389 e. The molecule has 0 saturated heterocycles. The predicted octanol–water partition coefficient (Wildman–Crippen LogP) is 5.73. The number of allylic oxidation sites excluding steroid dienone is 1. The first-order chi connectivity index (χ1) is 13.8. The van der Waals surface area contributed by atoms with Crippen LogP contribution in [-0.4, -0.2) is 34.6 Å². The van der Waals surface area contributed by atoms with E-state index >= 15 is 0 Å². The van der Waals surface area contributed by atoms with Gasteiger partial charge in [-0.15, -0.1) is 0 Å². The van der Waals surface area contributed by atoms with Gasteiger partial charge in [-0.1, -0.05) is 44.5 Å². The maximum atomic E-state index is 12.7. The molecule has 8 heteroatoms. The van der Waals surface area contributed by atoms with Crippen molar-refractivity contribution in [3.63, 3.8) is 0 Å². The molecular formula is C22H27ClF3NO3. The van der Waals surface area contributed by atoms with Crippen LogP contribution in [0.15, 0.2) is 30.0 Å². The van der Waals surface area contributed by atoms with E-state index in [0.29, 0.717) is 10.6 Å². The predicted molar refractivity (Wildman–Crippen MR) is 109 cm³/mol. The standard InChI is InChI=1S/C22H27ClF3NO3/c1-14(2)17-13-27(10-8-20(29)30)19(28)12-21(17,3)16-7-6-15(18(23)11-16)5-4-9-22(24,25)26/h6-7,11,13-14H,4-5,8-10,12H2,1-3H3,(H,29,30)/t21-/m0/s1. The van der Waals surface area contributed by atoms with Gasteiger partial charge in [0.25, 0.3) is 0 Å². The van der Waals surface area contributed by atoms with Gasteiger partial charge >= 0.3 is 12.1 Å².